The lowest BCUT2D eigenvalue weighted by atomic mass is 9.94. The van der Waals surface area contributed by atoms with E-state index in [1.54, 1.807) is 13.8 Å². The molecule has 0 fully saturated rings. The van der Waals surface area contributed by atoms with Crippen molar-refractivity contribution in [3.63, 3.8) is 0 Å². The highest BCUT2D eigenvalue weighted by Crippen LogP contribution is 2.40. The molecule has 1 aromatic rings. The largest absolute Gasteiger partial charge is 0.480 e. The van der Waals surface area contributed by atoms with Gasteiger partial charge in [-0.3, -0.25) is 9.79 Å². The van der Waals surface area contributed by atoms with Crippen LogP contribution in [0.3, 0.4) is 0 Å². The van der Waals surface area contributed by atoms with Gasteiger partial charge in [-0.15, -0.1) is 0 Å². The summed E-state index contributed by atoms with van der Waals surface area (Å²) in [4.78, 5) is 14.8. The number of benzene rings is 1. The van der Waals surface area contributed by atoms with Crippen molar-refractivity contribution in [1.29, 1.82) is 0 Å². The summed E-state index contributed by atoms with van der Waals surface area (Å²) in [7, 11) is -3.96. The highest BCUT2D eigenvalue weighted by Gasteiger charge is 2.29. The Morgan fingerprint density at radius 2 is 1.93 bits per heavy atom. The Labute approximate surface area is 170 Å². The number of hydrogen-bond acceptors (Lipinski definition) is 6. The number of carboxylic acid groups (broad SMARTS) is 1. The first-order valence-corrected chi connectivity index (χ1v) is 10.7. The van der Waals surface area contributed by atoms with Crippen molar-refractivity contribution < 1.29 is 23.1 Å². The quantitative estimate of drug-likeness (QED) is 0.291. The summed E-state index contributed by atoms with van der Waals surface area (Å²) >= 11 is 0. The van der Waals surface area contributed by atoms with Gasteiger partial charge in [0.2, 0.25) is 5.96 Å². The smallest absolute Gasteiger partial charge is 0.320 e. The summed E-state index contributed by atoms with van der Waals surface area (Å²) in [6.45, 7) is 9.30. The van der Waals surface area contributed by atoms with Gasteiger partial charge in [0.25, 0.3) is 10.0 Å². The normalized spacial score (nSPS) is 15.4. The summed E-state index contributed by atoms with van der Waals surface area (Å²) in [5, 5.41) is 8.75. The Morgan fingerprint density at radius 3 is 2.55 bits per heavy atom. The number of aliphatic imine (C=N–C) groups is 1. The Kier molecular flexibility index (Phi) is 6.91. The van der Waals surface area contributed by atoms with E-state index in [1.165, 1.54) is 0 Å². The fraction of sp³-hybridized carbons (Fsp3) is 0.474. The number of sulfonamides is 1. The van der Waals surface area contributed by atoms with Crippen LogP contribution in [0, 0.1) is 20.8 Å². The molecule has 1 heterocycles. The minimum atomic E-state index is -3.96. The van der Waals surface area contributed by atoms with Gasteiger partial charge < -0.3 is 21.3 Å². The number of fused-ring (bicyclic) bond motifs is 1. The van der Waals surface area contributed by atoms with Crippen LogP contribution in [-0.4, -0.2) is 38.0 Å². The van der Waals surface area contributed by atoms with Gasteiger partial charge in [-0.05, 0) is 62.3 Å². The molecule has 0 aromatic heterocycles. The van der Waals surface area contributed by atoms with Gasteiger partial charge in [0.15, 0.2) is 0 Å². The minimum Gasteiger partial charge on any atom is -0.480 e. The summed E-state index contributed by atoms with van der Waals surface area (Å²) in [5.74, 6) is -0.0182. The van der Waals surface area contributed by atoms with Crippen LogP contribution in [0.25, 0.3) is 0 Å². The zero-order chi connectivity index (χ0) is 21.9. The molecule has 0 aliphatic carbocycles. The second-order valence-electron chi connectivity index (χ2n) is 7.11. The minimum absolute atomic E-state index is 0.159. The second-order valence-corrected chi connectivity index (χ2v) is 8.73. The van der Waals surface area contributed by atoms with E-state index in [0.29, 0.717) is 41.9 Å². The van der Waals surface area contributed by atoms with Crippen molar-refractivity contribution in [2.75, 3.05) is 6.54 Å². The lowest BCUT2D eigenvalue weighted by molar-refractivity contribution is -0.138. The number of ether oxygens (including phenoxy) is 1. The average molecular weight is 425 g/mol. The summed E-state index contributed by atoms with van der Waals surface area (Å²) < 4.78 is 34.0. The predicted molar refractivity (Wildman–Crippen MR) is 110 cm³/mol. The third kappa shape index (κ3) is 5.07. The fourth-order valence-electron chi connectivity index (χ4n) is 3.31. The lowest BCUT2D eigenvalue weighted by Crippen LogP contribution is -2.38. The van der Waals surface area contributed by atoms with E-state index in [9.17, 15) is 13.2 Å². The Hall–Kier alpha value is -2.59. The molecule has 6 N–H and O–H groups in total. The third-order valence-corrected chi connectivity index (χ3v) is 6.62. The Morgan fingerprint density at radius 1 is 1.28 bits per heavy atom. The Bertz CT molecular complexity index is 970. The number of carbonyl (C=O) groups is 1. The van der Waals surface area contributed by atoms with Crippen molar-refractivity contribution >= 4 is 22.0 Å². The summed E-state index contributed by atoms with van der Waals surface area (Å²) in [5.41, 5.74) is 13.9. The van der Waals surface area contributed by atoms with E-state index in [0.717, 1.165) is 11.1 Å². The number of allylic oxidation sites excluding steroid dienone is 1. The molecule has 1 aromatic carbocycles. The van der Waals surface area contributed by atoms with Crippen molar-refractivity contribution in [1.82, 2.24) is 4.72 Å². The van der Waals surface area contributed by atoms with Crippen molar-refractivity contribution in [3.05, 3.63) is 34.6 Å². The van der Waals surface area contributed by atoms with Gasteiger partial charge >= 0.3 is 5.97 Å². The van der Waals surface area contributed by atoms with Crippen LogP contribution < -0.4 is 20.9 Å². The summed E-state index contributed by atoms with van der Waals surface area (Å²) in [6, 6.07) is -0.981. The molecule has 0 radical (unpaired) electrons. The van der Waals surface area contributed by atoms with E-state index in [1.807, 2.05) is 6.92 Å². The lowest BCUT2D eigenvalue weighted by Gasteiger charge is -2.26. The molecule has 1 aliphatic rings. The number of carboxylic acids is 1. The third-order valence-electron chi connectivity index (χ3n) is 4.99. The highest BCUT2D eigenvalue weighted by atomic mass is 32.2. The first kappa shape index (κ1) is 22.7. The SMILES string of the molecule is C=C1CCc2c(C)c(S(=O)(=O)NC(N)=NCCC[C@H](N)C(=O)O)c(C)c(C)c2O1. The topological polar surface area (TPSA) is 157 Å². The van der Waals surface area contributed by atoms with Crippen LogP contribution in [0.2, 0.25) is 0 Å². The molecular weight excluding hydrogens is 396 g/mol. The number of rotatable bonds is 7. The average Bonchev–Trinajstić information content (AvgIpc) is 2.62. The van der Waals surface area contributed by atoms with Crippen molar-refractivity contribution in [2.24, 2.45) is 16.5 Å². The molecule has 1 atom stereocenters. The monoisotopic (exact) mass is 424 g/mol. The second kappa shape index (κ2) is 8.83. The van der Waals surface area contributed by atoms with Gasteiger partial charge in [0, 0.05) is 13.0 Å². The van der Waals surface area contributed by atoms with E-state index in [-0.39, 0.29) is 23.8 Å². The van der Waals surface area contributed by atoms with Crippen LogP contribution in [-0.2, 0) is 21.2 Å². The van der Waals surface area contributed by atoms with Crippen LogP contribution in [0.1, 0.15) is 41.5 Å². The van der Waals surface area contributed by atoms with Gasteiger partial charge in [-0.1, -0.05) is 6.58 Å². The number of nitrogens with one attached hydrogen (secondary N) is 1. The number of guanidine groups is 1. The maximum atomic E-state index is 13.0. The number of nitrogens with two attached hydrogens (primary N) is 2. The molecule has 2 rings (SSSR count). The molecule has 0 saturated heterocycles. The van der Waals surface area contributed by atoms with E-state index in [4.69, 9.17) is 21.3 Å². The van der Waals surface area contributed by atoms with Crippen LogP contribution in [0.5, 0.6) is 5.75 Å². The van der Waals surface area contributed by atoms with E-state index < -0.39 is 22.0 Å². The molecule has 0 unspecified atom stereocenters. The van der Waals surface area contributed by atoms with E-state index >= 15 is 0 Å². The van der Waals surface area contributed by atoms with Gasteiger partial charge in [0.1, 0.15) is 11.8 Å². The first-order valence-electron chi connectivity index (χ1n) is 9.25. The molecule has 29 heavy (non-hydrogen) atoms. The zero-order valence-corrected chi connectivity index (χ0v) is 17.7. The molecule has 0 saturated carbocycles. The Balaban J connectivity index is 2.23. The zero-order valence-electron chi connectivity index (χ0n) is 16.9. The van der Waals surface area contributed by atoms with Gasteiger partial charge in [0.05, 0.1) is 10.7 Å². The molecule has 160 valence electrons. The van der Waals surface area contributed by atoms with E-state index in [2.05, 4.69) is 16.3 Å². The molecule has 10 heteroatoms. The van der Waals surface area contributed by atoms with Crippen LogP contribution >= 0.6 is 0 Å². The number of aliphatic carboxylic acids is 1. The van der Waals surface area contributed by atoms with Gasteiger partial charge in [-0.25, -0.2) is 13.1 Å². The predicted octanol–water partition coefficient (Wildman–Crippen LogP) is 1.24. The first-order chi connectivity index (χ1) is 13.5. The number of hydrogen-bond donors (Lipinski definition) is 4. The molecule has 0 spiro atoms. The maximum absolute atomic E-state index is 13.0. The van der Waals surface area contributed by atoms with Gasteiger partial charge in [-0.2, -0.15) is 0 Å². The van der Waals surface area contributed by atoms with Crippen molar-refractivity contribution in [3.8, 4) is 5.75 Å². The fourth-order valence-corrected chi connectivity index (χ4v) is 4.84. The van der Waals surface area contributed by atoms with Crippen LogP contribution in [0.4, 0.5) is 0 Å². The molecule has 1 aliphatic heterocycles. The highest BCUT2D eigenvalue weighted by molar-refractivity contribution is 7.90. The standard InChI is InChI=1S/C19H28N4O5S/c1-10-7-8-14-13(4)17(12(3)11(2)16(14)28-10)29(26,27)23-19(21)22-9-5-6-15(20)18(24)25/h15H,1,5-9,20H2,2-4H3,(H,24,25)(H3,21,22,23)/t15-/m0/s1. The summed E-state index contributed by atoms with van der Waals surface area (Å²) in [6.07, 6.45) is 1.86. The molecule has 9 nitrogen and oxygen atoms in total. The van der Waals surface area contributed by atoms with Crippen molar-refractivity contribution in [2.45, 2.75) is 57.4 Å². The number of nitrogens with zero attached hydrogens (tertiary/aromatic N) is 1. The molecular formula is C19H28N4O5S. The molecule has 0 amide bonds. The maximum Gasteiger partial charge on any atom is 0.320 e. The van der Waals surface area contributed by atoms with Crippen LogP contribution in [0.15, 0.2) is 22.2 Å². The molecule has 0 bridgehead atoms.